The molecule has 1 amide bonds. The third-order valence-electron chi connectivity index (χ3n) is 2.92. The summed E-state index contributed by atoms with van der Waals surface area (Å²) in [5, 5.41) is 21.1. The van der Waals surface area contributed by atoms with Gasteiger partial charge in [0.2, 0.25) is 0 Å². The van der Waals surface area contributed by atoms with E-state index in [0.717, 1.165) is 12.8 Å². The number of nitrogens with one attached hydrogen (secondary N) is 1. The Kier molecular flexibility index (Phi) is 3.99. The lowest BCUT2D eigenvalue weighted by molar-refractivity contribution is 0.0432. The Morgan fingerprint density at radius 1 is 1.55 bits per heavy atom. The second-order valence-electron chi connectivity index (χ2n) is 6.20. The zero-order valence-electron chi connectivity index (χ0n) is 12.3. The maximum absolute atomic E-state index is 11.6. The van der Waals surface area contributed by atoms with E-state index in [0.29, 0.717) is 11.7 Å². The highest BCUT2D eigenvalue weighted by Gasteiger charge is 2.28. The lowest BCUT2D eigenvalue weighted by Crippen LogP contribution is -2.40. The molecule has 0 spiro atoms. The van der Waals surface area contributed by atoms with Crippen LogP contribution in [0.5, 0.6) is 0 Å². The largest absolute Gasteiger partial charge is 0.444 e. The summed E-state index contributed by atoms with van der Waals surface area (Å²) in [5.41, 5.74) is -0.107. The van der Waals surface area contributed by atoms with Gasteiger partial charge in [-0.15, -0.1) is 0 Å². The molecular formula is C13H22N4O3. The van der Waals surface area contributed by atoms with Crippen molar-refractivity contribution in [3.05, 3.63) is 11.9 Å². The quantitative estimate of drug-likeness (QED) is 0.874. The first-order chi connectivity index (χ1) is 9.26. The van der Waals surface area contributed by atoms with Crippen LogP contribution in [0.15, 0.2) is 6.20 Å². The molecule has 0 bridgehead atoms. The molecule has 2 N–H and O–H groups in total. The van der Waals surface area contributed by atoms with E-state index in [1.807, 2.05) is 0 Å². The highest BCUT2D eigenvalue weighted by molar-refractivity contribution is 5.68. The van der Waals surface area contributed by atoms with Gasteiger partial charge in [0.25, 0.3) is 0 Å². The maximum Gasteiger partial charge on any atom is 0.407 e. The van der Waals surface area contributed by atoms with Gasteiger partial charge in [-0.2, -0.15) is 15.0 Å². The number of aliphatic hydroxyl groups is 1. The number of alkyl carbamates (subject to hydrolysis) is 1. The smallest absolute Gasteiger partial charge is 0.407 e. The number of carbonyl (C=O) groups excluding carboxylic acids is 1. The number of aromatic nitrogens is 3. The van der Waals surface area contributed by atoms with Crippen LogP contribution in [-0.4, -0.2) is 37.8 Å². The first-order valence-corrected chi connectivity index (χ1v) is 6.85. The highest BCUT2D eigenvalue weighted by atomic mass is 16.6. The summed E-state index contributed by atoms with van der Waals surface area (Å²) in [6.07, 6.45) is 2.23. The zero-order chi connectivity index (χ0) is 14.9. The Morgan fingerprint density at radius 3 is 2.75 bits per heavy atom. The van der Waals surface area contributed by atoms with Gasteiger partial charge in [-0.1, -0.05) is 0 Å². The number of nitrogens with zero attached hydrogens (tertiary/aromatic N) is 3. The minimum absolute atomic E-state index is 0.366. The SMILES string of the molecule is C[C@@H](NC(=O)OC(C)(C)C)[C@H](O)c1cnn(C2CC2)n1. The molecule has 0 saturated heterocycles. The molecule has 0 unspecified atom stereocenters. The van der Waals surface area contributed by atoms with E-state index in [-0.39, 0.29) is 0 Å². The molecule has 1 aliphatic rings. The average molecular weight is 282 g/mol. The van der Waals surface area contributed by atoms with Crippen LogP contribution in [0.25, 0.3) is 0 Å². The van der Waals surface area contributed by atoms with Gasteiger partial charge in [0.1, 0.15) is 17.4 Å². The molecule has 1 heterocycles. The number of rotatable bonds is 4. The van der Waals surface area contributed by atoms with Crippen LogP contribution in [0.3, 0.4) is 0 Å². The van der Waals surface area contributed by atoms with Crippen molar-refractivity contribution in [2.75, 3.05) is 0 Å². The third kappa shape index (κ3) is 3.93. The molecule has 7 heteroatoms. The maximum atomic E-state index is 11.6. The fourth-order valence-corrected chi connectivity index (χ4v) is 1.73. The summed E-state index contributed by atoms with van der Waals surface area (Å²) in [6.45, 7) is 7.06. The van der Waals surface area contributed by atoms with E-state index in [4.69, 9.17) is 4.74 Å². The Balaban J connectivity index is 1.90. The van der Waals surface area contributed by atoms with Gasteiger partial charge in [0.05, 0.1) is 18.3 Å². The topological polar surface area (TPSA) is 89.3 Å². The summed E-state index contributed by atoms with van der Waals surface area (Å²) >= 11 is 0. The minimum atomic E-state index is -0.907. The number of hydrogen-bond donors (Lipinski definition) is 2. The second-order valence-corrected chi connectivity index (χ2v) is 6.20. The highest BCUT2D eigenvalue weighted by Crippen LogP contribution is 2.33. The number of amides is 1. The molecule has 0 aromatic carbocycles. The van der Waals surface area contributed by atoms with E-state index in [1.54, 1.807) is 32.5 Å². The molecule has 1 fully saturated rings. The molecule has 1 saturated carbocycles. The van der Waals surface area contributed by atoms with Crippen LogP contribution in [-0.2, 0) is 4.74 Å². The summed E-state index contributed by atoms with van der Waals surface area (Å²) < 4.78 is 5.15. The molecule has 112 valence electrons. The molecule has 20 heavy (non-hydrogen) atoms. The van der Waals surface area contributed by atoms with Crippen molar-refractivity contribution >= 4 is 6.09 Å². The number of aliphatic hydroxyl groups excluding tert-OH is 1. The van der Waals surface area contributed by atoms with Crippen molar-refractivity contribution in [1.29, 1.82) is 0 Å². The molecular weight excluding hydrogens is 260 g/mol. The van der Waals surface area contributed by atoms with Crippen molar-refractivity contribution in [2.45, 2.75) is 64.3 Å². The monoisotopic (exact) mass is 282 g/mol. The Bertz CT molecular complexity index is 476. The van der Waals surface area contributed by atoms with E-state index < -0.39 is 23.8 Å². The molecule has 1 aliphatic carbocycles. The lowest BCUT2D eigenvalue weighted by Gasteiger charge is -2.23. The summed E-state index contributed by atoms with van der Waals surface area (Å²) in [7, 11) is 0. The molecule has 0 radical (unpaired) electrons. The van der Waals surface area contributed by atoms with Crippen LogP contribution < -0.4 is 5.32 Å². The van der Waals surface area contributed by atoms with Gasteiger partial charge in [-0.3, -0.25) is 0 Å². The van der Waals surface area contributed by atoms with E-state index in [9.17, 15) is 9.90 Å². The first kappa shape index (κ1) is 14.8. The van der Waals surface area contributed by atoms with Crippen LogP contribution in [0.1, 0.15) is 58.4 Å². The Hall–Kier alpha value is -1.63. The van der Waals surface area contributed by atoms with Gasteiger partial charge < -0.3 is 15.2 Å². The van der Waals surface area contributed by atoms with Crippen molar-refractivity contribution in [3.8, 4) is 0 Å². The molecule has 2 atom stereocenters. The first-order valence-electron chi connectivity index (χ1n) is 6.85. The zero-order valence-corrected chi connectivity index (χ0v) is 12.3. The van der Waals surface area contributed by atoms with Gasteiger partial charge in [0, 0.05) is 0 Å². The van der Waals surface area contributed by atoms with Crippen LogP contribution in [0.4, 0.5) is 4.79 Å². The van der Waals surface area contributed by atoms with E-state index in [1.165, 1.54) is 6.20 Å². The minimum Gasteiger partial charge on any atom is -0.444 e. The summed E-state index contributed by atoms with van der Waals surface area (Å²) in [6, 6.07) is -0.140. The van der Waals surface area contributed by atoms with Crippen LogP contribution >= 0.6 is 0 Å². The number of carbonyl (C=O) groups is 1. The summed E-state index contributed by atoms with van der Waals surface area (Å²) in [5.74, 6) is 0. The summed E-state index contributed by atoms with van der Waals surface area (Å²) in [4.78, 5) is 13.3. The Labute approximate surface area is 118 Å². The van der Waals surface area contributed by atoms with Crippen molar-refractivity contribution in [3.63, 3.8) is 0 Å². The van der Waals surface area contributed by atoms with Gasteiger partial charge >= 0.3 is 6.09 Å². The fourth-order valence-electron chi connectivity index (χ4n) is 1.73. The standard InChI is InChI=1S/C13H22N4O3/c1-8(15-12(19)20-13(2,3)4)11(18)10-7-14-17(16-10)9-5-6-9/h7-9,11,18H,5-6H2,1-4H3,(H,15,19)/t8-,11+/m1/s1. The Morgan fingerprint density at radius 2 is 2.20 bits per heavy atom. The van der Waals surface area contributed by atoms with E-state index in [2.05, 4.69) is 15.5 Å². The molecule has 1 aromatic heterocycles. The molecule has 0 aliphatic heterocycles. The second kappa shape index (κ2) is 5.40. The predicted octanol–water partition coefficient (Wildman–Crippen LogP) is 1.56. The van der Waals surface area contributed by atoms with Crippen LogP contribution in [0, 0.1) is 0 Å². The van der Waals surface area contributed by atoms with Crippen molar-refractivity contribution < 1.29 is 14.6 Å². The average Bonchev–Trinajstić information content (AvgIpc) is 3.04. The molecule has 2 rings (SSSR count). The van der Waals surface area contributed by atoms with Crippen molar-refractivity contribution in [2.24, 2.45) is 0 Å². The normalized spacial score (nSPS) is 18.4. The number of ether oxygens (including phenoxy) is 1. The van der Waals surface area contributed by atoms with E-state index >= 15 is 0 Å². The van der Waals surface area contributed by atoms with Crippen molar-refractivity contribution in [1.82, 2.24) is 20.3 Å². The third-order valence-corrected chi connectivity index (χ3v) is 2.92. The predicted molar refractivity (Wildman–Crippen MR) is 72.1 cm³/mol. The molecule has 7 nitrogen and oxygen atoms in total. The molecule has 1 aromatic rings. The fraction of sp³-hybridized carbons (Fsp3) is 0.769. The lowest BCUT2D eigenvalue weighted by atomic mass is 10.1. The van der Waals surface area contributed by atoms with Gasteiger partial charge in [-0.05, 0) is 40.5 Å². The van der Waals surface area contributed by atoms with Gasteiger partial charge in [0.15, 0.2) is 0 Å². The van der Waals surface area contributed by atoms with Gasteiger partial charge in [-0.25, -0.2) is 4.79 Å². The number of hydrogen-bond acceptors (Lipinski definition) is 5. The van der Waals surface area contributed by atoms with Crippen LogP contribution in [0.2, 0.25) is 0 Å².